The molecule has 0 fully saturated rings. The van der Waals surface area contributed by atoms with E-state index in [4.69, 9.17) is 9.94 Å². The van der Waals surface area contributed by atoms with E-state index in [1.165, 1.54) is 6.21 Å². The summed E-state index contributed by atoms with van der Waals surface area (Å²) < 4.78 is 9.34. The highest BCUT2D eigenvalue weighted by Gasteiger charge is 2.14. The Morgan fingerprint density at radius 2 is 1.93 bits per heavy atom. The summed E-state index contributed by atoms with van der Waals surface area (Å²) >= 11 is 0. The van der Waals surface area contributed by atoms with Crippen molar-refractivity contribution in [2.24, 2.45) is 5.16 Å². The van der Waals surface area contributed by atoms with E-state index >= 15 is 0 Å². The van der Waals surface area contributed by atoms with Gasteiger partial charge in [-0.2, -0.15) is 9.13 Å². The van der Waals surface area contributed by atoms with Gasteiger partial charge in [0.05, 0.1) is 5.56 Å². The van der Waals surface area contributed by atoms with E-state index in [1.54, 1.807) is 12.3 Å². The molecule has 6 nitrogen and oxygen atoms in total. The Labute approximate surface area is 157 Å². The third-order valence-electron chi connectivity index (χ3n) is 4.04. The van der Waals surface area contributed by atoms with E-state index in [0.29, 0.717) is 16.8 Å². The fourth-order valence-corrected chi connectivity index (χ4v) is 2.72. The molecule has 0 bridgehead atoms. The molecule has 0 aliphatic heterocycles. The van der Waals surface area contributed by atoms with Crippen LogP contribution in [0.4, 0.5) is 0 Å². The maximum Gasteiger partial charge on any atom is 0.258 e. The van der Waals surface area contributed by atoms with Crippen molar-refractivity contribution in [3.05, 3.63) is 95.6 Å². The maximum absolute atomic E-state index is 12.7. The first kappa shape index (κ1) is 18.4. The first-order chi connectivity index (χ1) is 13.2. The highest BCUT2D eigenvalue weighted by atomic mass is 16.5. The number of carbonyl (C=O) groups is 1. The van der Waals surface area contributed by atoms with Gasteiger partial charge in [0, 0.05) is 23.8 Å². The number of rotatable bonds is 7. The molecule has 1 aromatic carbocycles. The smallest absolute Gasteiger partial charge is 0.258 e. The lowest BCUT2D eigenvalue weighted by atomic mass is 10.0. The number of pyridine rings is 2. The molecule has 6 heteroatoms. The van der Waals surface area contributed by atoms with Crippen molar-refractivity contribution in [1.82, 2.24) is 0 Å². The molecule has 1 N–H and O–H groups in total. The predicted molar refractivity (Wildman–Crippen MR) is 98.4 cm³/mol. The third kappa shape index (κ3) is 4.83. The van der Waals surface area contributed by atoms with E-state index in [9.17, 15) is 4.79 Å². The standard InChI is InChI=1S/C21H20N3O3/c1-17-6-4-7-18(12-17)21(25)19-8-5-10-23(14-19)15-27-16-24-11-3-2-9-20(24)13-22-26/h2-14H,15-16H2,1H3/q+1/p+1. The van der Waals surface area contributed by atoms with Gasteiger partial charge in [0.15, 0.2) is 24.4 Å². The van der Waals surface area contributed by atoms with Gasteiger partial charge in [-0.1, -0.05) is 28.9 Å². The van der Waals surface area contributed by atoms with Crippen molar-refractivity contribution in [3.8, 4) is 0 Å². The summed E-state index contributed by atoms with van der Waals surface area (Å²) in [6, 6.07) is 16.7. The minimum absolute atomic E-state index is 0.0214. The van der Waals surface area contributed by atoms with Crippen LogP contribution in [0.5, 0.6) is 0 Å². The second-order valence-electron chi connectivity index (χ2n) is 6.11. The Morgan fingerprint density at radius 1 is 1.07 bits per heavy atom. The number of aryl methyl sites for hydroxylation is 1. The fourth-order valence-electron chi connectivity index (χ4n) is 2.72. The normalized spacial score (nSPS) is 11.0. The van der Waals surface area contributed by atoms with Gasteiger partial charge in [-0.25, -0.2) is 0 Å². The van der Waals surface area contributed by atoms with Crippen molar-refractivity contribution in [2.45, 2.75) is 20.4 Å². The fraction of sp³-hybridized carbons (Fsp3) is 0.143. The third-order valence-corrected chi connectivity index (χ3v) is 4.04. The number of carbonyl (C=O) groups excluding carboxylic acids is 1. The van der Waals surface area contributed by atoms with E-state index in [-0.39, 0.29) is 19.2 Å². The van der Waals surface area contributed by atoms with Crippen molar-refractivity contribution in [3.63, 3.8) is 0 Å². The van der Waals surface area contributed by atoms with Gasteiger partial charge in [-0.3, -0.25) is 9.53 Å². The van der Waals surface area contributed by atoms with Crippen LogP contribution >= 0.6 is 0 Å². The van der Waals surface area contributed by atoms with Crippen LogP contribution in [0.25, 0.3) is 0 Å². The lowest BCUT2D eigenvalue weighted by Gasteiger charge is -2.03. The van der Waals surface area contributed by atoms with E-state index in [2.05, 4.69) is 5.16 Å². The number of oxime groups is 1. The molecule has 2 heterocycles. The molecular formula is C21H21N3O3+2. The zero-order chi connectivity index (χ0) is 19.1. The van der Waals surface area contributed by atoms with Crippen molar-refractivity contribution >= 4 is 12.0 Å². The van der Waals surface area contributed by atoms with Crippen LogP contribution in [0.3, 0.4) is 0 Å². The molecule has 2 aromatic heterocycles. The Morgan fingerprint density at radius 3 is 2.74 bits per heavy atom. The molecule has 136 valence electrons. The lowest BCUT2D eigenvalue weighted by molar-refractivity contribution is -0.788. The summed E-state index contributed by atoms with van der Waals surface area (Å²) in [5.74, 6) is -0.0214. The number of hydrogen-bond donors (Lipinski definition) is 1. The maximum atomic E-state index is 12.7. The summed E-state index contributed by atoms with van der Waals surface area (Å²) in [7, 11) is 0. The van der Waals surface area contributed by atoms with Gasteiger partial charge in [0.2, 0.25) is 5.69 Å². The van der Waals surface area contributed by atoms with Crippen LogP contribution < -0.4 is 9.13 Å². The molecule has 3 aromatic rings. The van der Waals surface area contributed by atoms with E-state index < -0.39 is 0 Å². The summed E-state index contributed by atoms with van der Waals surface area (Å²) in [6.07, 6.45) is 6.80. The van der Waals surface area contributed by atoms with Crippen LogP contribution in [-0.2, 0) is 18.2 Å². The highest BCUT2D eigenvalue weighted by Crippen LogP contribution is 2.10. The van der Waals surface area contributed by atoms with Gasteiger partial charge in [0.1, 0.15) is 6.21 Å². The van der Waals surface area contributed by atoms with E-state index in [1.807, 2.05) is 77.0 Å². The number of aromatic nitrogens is 2. The molecule has 0 saturated heterocycles. The SMILES string of the molecule is Cc1cccc(C(=O)c2ccc[n+](COC[n+]3ccccc3C=NO)c2)c1. The first-order valence-corrected chi connectivity index (χ1v) is 8.51. The Bertz CT molecular complexity index is 970. The minimum Gasteiger partial charge on any atom is -0.411 e. The van der Waals surface area contributed by atoms with Gasteiger partial charge >= 0.3 is 0 Å². The topological polar surface area (TPSA) is 66.7 Å². The largest absolute Gasteiger partial charge is 0.411 e. The second kappa shape index (κ2) is 8.82. The lowest BCUT2D eigenvalue weighted by Crippen LogP contribution is -2.43. The Hall–Kier alpha value is -3.38. The number of ketones is 1. The molecule has 0 aliphatic carbocycles. The Kier molecular flexibility index (Phi) is 6.02. The second-order valence-corrected chi connectivity index (χ2v) is 6.11. The molecule has 0 atom stereocenters. The summed E-state index contributed by atoms with van der Waals surface area (Å²) in [6.45, 7) is 2.53. The van der Waals surface area contributed by atoms with Crippen molar-refractivity contribution in [1.29, 1.82) is 0 Å². The van der Waals surface area contributed by atoms with Gasteiger partial charge in [0.25, 0.3) is 13.5 Å². The Balaban J connectivity index is 1.67. The van der Waals surface area contributed by atoms with Crippen molar-refractivity contribution in [2.75, 3.05) is 0 Å². The number of benzene rings is 1. The summed E-state index contributed by atoms with van der Waals surface area (Å²) in [5.41, 5.74) is 3.04. The molecule has 0 aliphatic rings. The van der Waals surface area contributed by atoms with Crippen molar-refractivity contribution < 1.29 is 23.9 Å². The average Bonchev–Trinajstić information content (AvgIpc) is 2.69. The summed E-state index contributed by atoms with van der Waals surface area (Å²) in [4.78, 5) is 12.7. The predicted octanol–water partition coefficient (Wildman–Crippen LogP) is 2.24. The van der Waals surface area contributed by atoms with Gasteiger partial charge < -0.3 is 5.21 Å². The van der Waals surface area contributed by atoms with E-state index in [0.717, 1.165) is 5.56 Å². The molecule has 0 radical (unpaired) electrons. The van der Waals surface area contributed by atoms with Crippen LogP contribution in [0.15, 0.2) is 78.3 Å². The first-order valence-electron chi connectivity index (χ1n) is 8.51. The molecule has 0 spiro atoms. The zero-order valence-electron chi connectivity index (χ0n) is 15.0. The average molecular weight is 363 g/mol. The molecule has 3 rings (SSSR count). The van der Waals surface area contributed by atoms with Gasteiger partial charge in [-0.15, -0.1) is 0 Å². The van der Waals surface area contributed by atoms with Gasteiger partial charge in [-0.05, 0) is 25.1 Å². The number of hydrogen-bond acceptors (Lipinski definition) is 4. The molecule has 0 unspecified atom stereocenters. The quantitative estimate of drug-likeness (QED) is 0.230. The zero-order valence-corrected chi connectivity index (χ0v) is 15.0. The highest BCUT2D eigenvalue weighted by molar-refractivity contribution is 6.08. The van der Waals surface area contributed by atoms with Crippen LogP contribution in [0.1, 0.15) is 27.2 Å². The minimum atomic E-state index is -0.0214. The molecular weight excluding hydrogens is 342 g/mol. The molecule has 27 heavy (non-hydrogen) atoms. The number of nitrogens with zero attached hydrogens (tertiary/aromatic N) is 3. The van der Waals surface area contributed by atoms with Crippen LogP contribution in [0, 0.1) is 6.92 Å². The summed E-state index contributed by atoms with van der Waals surface area (Å²) in [5, 5.41) is 11.8. The van der Waals surface area contributed by atoms with Crippen LogP contribution in [0.2, 0.25) is 0 Å². The molecule has 0 amide bonds. The number of ether oxygens (including phenoxy) is 1. The monoisotopic (exact) mass is 363 g/mol. The molecule has 0 saturated carbocycles. The van der Waals surface area contributed by atoms with Crippen LogP contribution in [-0.4, -0.2) is 17.2 Å².